The van der Waals surface area contributed by atoms with Crippen molar-refractivity contribution in [1.29, 1.82) is 0 Å². The normalized spacial score (nSPS) is 10.6. The number of hydrogen-bond donors (Lipinski definition) is 1. The van der Waals surface area contributed by atoms with Gasteiger partial charge in [-0.1, -0.05) is 42.0 Å². The molecular formula is C21H25ORf-. The summed E-state index contributed by atoms with van der Waals surface area (Å²) in [7, 11) is 0. The number of hydrogen-bond acceptors (Lipinski definition) is 1. The van der Waals surface area contributed by atoms with Gasteiger partial charge in [-0.3, -0.25) is 0 Å². The molecule has 1 N–H and O–H groups in total. The zero-order valence-electron chi connectivity index (χ0n) is 14.5. The number of benzene rings is 2. The van der Waals surface area contributed by atoms with Crippen LogP contribution in [-0.2, 0) is 12.8 Å². The van der Waals surface area contributed by atoms with E-state index >= 15 is 0 Å². The van der Waals surface area contributed by atoms with Gasteiger partial charge in [0.15, 0.2) is 0 Å². The van der Waals surface area contributed by atoms with Crippen molar-refractivity contribution < 1.29 is 5.11 Å². The van der Waals surface area contributed by atoms with Crippen LogP contribution in [0, 0.1) is 27.4 Å². The fraction of sp³-hybridized carbons (Fsp3) is 0.286. The van der Waals surface area contributed by atoms with Gasteiger partial charge in [0.05, 0.1) is 0 Å². The summed E-state index contributed by atoms with van der Waals surface area (Å²) >= 11 is 0. The molecule has 2 rings (SSSR count). The first kappa shape index (κ1) is 18.1. The van der Waals surface area contributed by atoms with Crippen LogP contribution in [0.4, 0.5) is 0 Å². The first-order valence-corrected chi connectivity index (χ1v) is 7.90. The Morgan fingerprint density at radius 3 is 2.04 bits per heavy atom. The molecule has 0 unspecified atom stereocenters. The standard InChI is InChI=1S/C21H25O.Rf/c1-16-9-10-19(14-17(16)2)6-4-7-20-11-12-21(8-5-13-22)18(3)15-20;/h5,8-15,22H,4,6-7H2,1-3H3;/q-1;/b8-5+;. The van der Waals surface area contributed by atoms with E-state index in [2.05, 4.69) is 57.2 Å². The van der Waals surface area contributed by atoms with E-state index in [0.717, 1.165) is 25.0 Å². The topological polar surface area (TPSA) is 20.2 Å². The second-order valence-electron chi connectivity index (χ2n) is 5.97. The van der Waals surface area contributed by atoms with Gasteiger partial charge in [0.25, 0.3) is 0 Å². The van der Waals surface area contributed by atoms with Gasteiger partial charge in [-0.2, -0.15) is 0 Å². The van der Waals surface area contributed by atoms with E-state index in [0.29, 0.717) is 0 Å². The summed E-state index contributed by atoms with van der Waals surface area (Å²) in [6, 6.07) is 13.3. The van der Waals surface area contributed by atoms with Crippen LogP contribution < -0.4 is 0 Å². The van der Waals surface area contributed by atoms with Crippen molar-refractivity contribution in [2.75, 3.05) is 0 Å². The van der Waals surface area contributed by atoms with Gasteiger partial charge >= 0.3 is 0 Å². The van der Waals surface area contributed by atoms with Gasteiger partial charge in [0, 0.05) is 0 Å². The van der Waals surface area contributed by atoms with Crippen LogP contribution in [0.1, 0.15) is 39.8 Å². The maximum Gasteiger partial charge on any atom is 0 e. The molecule has 0 amide bonds. The third-order valence-corrected chi connectivity index (χ3v) is 4.20. The van der Waals surface area contributed by atoms with Crippen LogP contribution in [0.3, 0.4) is 0 Å². The summed E-state index contributed by atoms with van der Waals surface area (Å²) in [6.07, 6.45) is 6.97. The van der Waals surface area contributed by atoms with Gasteiger partial charge in [-0.15, -0.1) is 12.2 Å². The van der Waals surface area contributed by atoms with E-state index < -0.39 is 0 Å². The smallest absolute Gasteiger partial charge is 0 e. The first-order valence-electron chi connectivity index (χ1n) is 7.90. The van der Waals surface area contributed by atoms with Crippen LogP contribution in [0.15, 0.2) is 42.5 Å². The molecule has 0 aliphatic rings. The Morgan fingerprint density at radius 1 is 0.870 bits per heavy atom. The predicted molar refractivity (Wildman–Crippen MR) is 94.4 cm³/mol. The average molecular weight is 560 g/mol. The molecule has 0 saturated carbocycles. The van der Waals surface area contributed by atoms with E-state index in [1.165, 1.54) is 34.2 Å². The van der Waals surface area contributed by atoms with Gasteiger partial charge < -0.3 is 5.11 Å². The van der Waals surface area contributed by atoms with E-state index in [1.807, 2.05) is 6.08 Å². The quantitative estimate of drug-likeness (QED) is 0.474. The second kappa shape index (κ2) is 8.45. The summed E-state index contributed by atoms with van der Waals surface area (Å²) < 4.78 is 0. The third-order valence-electron chi connectivity index (χ3n) is 4.20. The van der Waals surface area contributed by atoms with Crippen LogP contribution in [0.5, 0.6) is 0 Å². The molecule has 0 spiro atoms. The molecule has 2 aromatic rings. The van der Waals surface area contributed by atoms with Gasteiger partial charge in [0.2, 0.25) is 0 Å². The van der Waals surface area contributed by atoms with Crippen molar-refractivity contribution in [2.24, 2.45) is 0 Å². The van der Waals surface area contributed by atoms with Crippen molar-refractivity contribution in [3.63, 3.8) is 0 Å². The zero-order valence-corrected chi connectivity index (χ0v) is 20.9. The molecule has 0 saturated heterocycles. The molecule has 2 aromatic carbocycles. The Kier molecular flexibility index (Phi) is 6.64. The molecule has 0 radical (unpaired) electrons. The predicted octanol–water partition coefficient (Wildman–Crippen LogP) is 5.33. The molecule has 0 atom stereocenters. The minimum atomic E-state index is 0. The first-order chi connectivity index (χ1) is 10.6. The molecule has 118 valence electrons. The molecule has 1 nitrogen and oxygen atoms in total. The van der Waals surface area contributed by atoms with Gasteiger partial charge in [-0.05, 0) is 62.3 Å². The number of rotatable bonds is 6. The van der Waals surface area contributed by atoms with E-state index in [-0.39, 0.29) is 0 Å². The minimum Gasteiger partial charge on any atom is -0.458 e. The molecule has 0 heterocycles. The maximum absolute atomic E-state index is 8.72. The molecule has 0 bridgehead atoms. The summed E-state index contributed by atoms with van der Waals surface area (Å²) in [5.41, 5.74) is 7.96. The summed E-state index contributed by atoms with van der Waals surface area (Å²) in [6.45, 7) is 7.52. The van der Waals surface area contributed by atoms with Crippen molar-refractivity contribution in [3.05, 3.63) is 82.5 Å². The van der Waals surface area contributed by atoms with Crippen LogP contribution in [0.2, 0.25) is 0 Å². The molecule has 0 aliphatic heterocycles. The van der Waals surface area contributed by atoms with Crippen molar-refractivity contribution in [3.8, 4) is 0 Å². The number of aliphatic hydroxyl groups is 1. The molecule has 0 fully saturated rings. The average Bonchev–Trinajstić information content (AvgIpc) is 2.50. The Labute approximate surface area is 134 Å². The Balaban J connectivity index is 0.00000264. The summed E-state index contributed by atoms with van der Waals surface area (Å²) in [4.78, 5) is 0. The minimum absolute atomic E-state index is 0. The van der Waals surface area contributed by atoms with Crippen LogP contribution in [0.25, 0.3) is 6.08 Å². The van der Waals surface area contributed by atoms with Crippen molar-refractivity contribution in [2.45, 2.75) is 40.0 Å². The van der Waals surface area contributed by atoms with E-state index in [4.69, 9.17) is 5.11 Å². The van der Waals surface area contributed by atoms with E-state index in [9.17, 15) is 0 Å². The molecular weight excluding hydrogens is 535 g/mol. The van der Waals surface area contributed by atoms with Crippen molar-refractivity contribution in [1.82, 2.24) is 0 Å². The fourth-order valence-electron chi connectivity index (χ4n) is 2.68. The zero-order chi connectivity index (χ0) is 15.9. The molecule has 0 aliphatic carbocycles. The fourth-order valence-corrected chi connectivity index (χ4v) is 2.68. The molecule has 0 aromatic heterocycles. The monoisotopic (exact) mass is 560 g/mol. The Morgan fingerprint density at radius 2 is 1.48 bits per heavy atom. The van der Waals surface area contributed by atoms with Gasteiger partial charge in [-0.25, -0.2) is 12.2 Å². The van der Waals surface area contributed by atoms with Crippen LogP contribution in [-0.4, -0.2) is 5.11 Å². The van der Waals surface area contributed by atoms with Crippen LogP contribution >= 0.6 is 0 Å². The Hall–Kier alpha value is -2.99. The third kappa shape index (κ3) is 5.05. The summed E-state index contributed by atoms with van der Waals surface area (Å²) in [5.74, 6) is 0. The number of aliphatic hydroxyl groups excluding tert-OH is 1. The Bertz CT molecular complexity index is 659. The SMILES string of the molecule is Cc1ccc(CCCc2ccc(/C=C/[CH-]O)c(C)c2)cc1C.[Rf]. The largest absolute Gasteiger partial charge is 0.458 e. The molecule has 2 heteroatoms. The molecule has 23 heavy (non-hydrogen) atoms. The number of aryl methyl sites for hydroxylation is 5. The van der Waals surface area contributed by atoms with Crippen molar-refractivity contribution >= 4 is 6.08 Å². The second-order valence-corrected chi connectivity index (χ2v) is 5.97. The van der Waals surface area contributed by atoms with E-state index in [1.54, 1.807) is 6.08 Å². The van der Waals surface area contributed by atoms with Gasteiger partial charge in [0.1, 0.15) is 0 Å². The summed E-state index contributed by atoms with van der Waals surface area (Å²) in [5, 5.41) is 8.72. The maximum atomic E-state index is 8.72.